The maximum absolute atomic E-state index is 9.82. The molecule has 0 saturated heterocycles. The standard InChI is InChI=1S/C26H33N5O2S/c1-7-30(12-13-33-6)22-11-10-19(34-22)15-21-23(26(3,4)5)28-31-25(21)27-24(29-31)20-14-17(2)8-9-18(20)16-32/h8-11,14-15,32H,7,12-13,16H2,1-6H3/b21-15-. The van der Waals surface area contributed by atoms with Crippen LogP contribution in [0.2, 0.25) is 0 Å². The van der Waals surface area contributed by atoms with E-state index in [4.69, 9.17) is 19.9 Å². The molecule has 0 radical (unpaired) electrons. The number of nitrogens with zero attached hydrogens (tertiary/aromatic N) is 5. The number of aromatic nitrogens is 4. The van der Waals surface area contributed by atoms with Gasteiger partial charge in [-0.1, -0.05) is 38.5 Å². The molecule has 0 aliphatic rings. The summed E-state index contributed by atoms with van der Waals surface area (Å²) in [4.78, 5) is 8.35. The third-order valence-corrected chi connectivity index (χ3v) is 6.92. The van der Waals surface area contributed by atoms with Crippen molar-refractivity contribution in [2.45, 2.75) is 46.6 Å². The van der Waals surface area contributed by atoms with Crippen LogP contribution in [0, 0.1) is 6.92 Å². The zero-order valence-electron chi connectivity index (χ0n) is 20.8. The van der Waals surface area contributed by atoms with Crippen LogP contribution < -0.4 is 10.1 Å². The first-order chi connectivity index (χ1) is 16.2. The van der Waals surface area contributed by atoms with Crippen molar-refractivity contribution in [3.8, 4) is 11.4 Å². The highest BCUT2D eigenvalue weighted by Crippen LogP contribution is 2.28. The van der Waals surface area contributed by atoms with Gasteiger partial charge in [0.2, 0.25) is 0 Å². The Morgan fingerprint density at radius 3 is 2.65 bits per heavy atom. The van der Waals surface area contributed by atoms with Crippen molar-refractivity contribution < 1.29 is 9.84 Å². The van der Waals surface area contributed by atoms with E-state index < -0.39 is 0 Å². The molecule has 7 nitrogen and oxygen atoms in total. The third kappa shape index (κ3) is 4.85. The van der Waals surface area contributed by atoms with Crippen LogP contribution in [0.3, 0.4) is 0 Å². The van der Waals surface area contributed by atoms with Gasteiger partial charge in [0.05, 0.1) is 23.9 Å². The second-order valence-electron chi connectivity index (χ2n) is 9.47. The molecule has 0 atom stereocenters. The van der Waals surface area contributed by atoms with E-state index in [0.717, 1.165) is 51.2 Å². The summed E-state index contributed by atoms with van der Waals surface area (Å²) >= 11 is 1.75. The lowest BCUT2D eigenvalue weighted by Crippen LogP contribution is -2.25. The summed E-state index contributed by atoms with van der Waals surface area (Å²) in [6.45, 7) is 13.1. The van der Waals surface area contributed by atoms with Gasteiger partial charge in [-0.25, -0.2) is 4.98 Å². The number of methoxy groups -OCH3 is 1. The zero-order valence-corrected chi connectivity index (χ0v) is 21.6. The van der Waals surface area contributed by atoms with Crippen LogP contribution in [-0.4, -0.2) is 51.7 Å². The fraction of sp³-hybridized carbons (Fsp3) is 0.423. The highest BCUT2D eigenvalue weighted by atomic mass is 32.1. The second kappa shape index (κ2) is 9.82. The van der Waals surface area contributed by atoms with Gasteiger partial charge in [0.15, 0.2) is 11.5 Å². The van der Waals surface area contributed by atoms with Gasteiger partial charge in [0.1, 0.15) is 0 Å². The van der Waals surface area contributed by atoms with Crippen LogP contribution in [-0.2, 0) is 16.8 Å². The van der Waals surface area contributed by atoms with Gasteiger partial charge in [0.25, 0.3) is 0 Å². The molecule has 1 N–H and O–H groups in total. The Labute approximate surface area is 204 Å². The molecule has 4 aromatic rings. The summed E-state index contributed by atoms with van der Waals surface area (Å²) in [5.41, 5.74) is 4.26. The van der Waals surface area contributed by atoms with E-state index in [1.54, 1.807) is 23.1 Å². The number of aryl methyl sites for hydroxylation is 1. The van der Waals surface area contributed by atoms with E-state index in [1.165, 1.54) is 5.00 Å². The zero-order chi connectivity index (χ0) is 24.5. The molecule has 0 spiro atoms. The second-order valence-corrected chi connectivity index (χ2v) is 10.6. The van der Waals surface area contributed by atoms with Gasteiger partial charge in [-0.05, 0) is 43.7 Å². The smallest absolute Gasteiger partial charge is 0.185 e. The van der Waals surface area contributed by atoms with Crippen LogP contribution in [0.15, 0.2) is 30.3 Å². The minimum atomic E-state index is -0.165. The predicted octanol–water partition coefficient (Wildman–Crippen LogP) is 3.97. The molecule has 0 unspecified atom stereocenters. The molecule has 1 aromatic carbocycles. The van der Waals surface area contributed by atoms with Crippen LogP contribution >= 0.6 is 11.3 Å². The van der Waals surface area contributed by atoms with E-state index in [2.05, 4.69) is 50.8 Å². The van der Waals surface area contributed by atoms with Crippen molar-refractivity contribution in [3.05, 3.63) is 57.2 Å². The van der Waals surface area contributed by atoms with Crippen LogP contribution in [0.5, 0.6) is 0 Å². The normalized spacial score (nSPS) is 12.7. The SMILES string of the molecule is CCN(CCOC)c1ccc(/C=c2/c(C(C)(C)C)nn3nc(-c4cc(C)ccc4CO)nc23)s1. The van der Waals surface area contributed by atoms with Crippen molar-refractivity contribution in [3.63, 3.8) is 0 Å². The number of rotatable bonds is 8. The first kappa shape index (κ1) is 24.3. The average molecular weight is 480 g/mol. The number of likely N-dealkylation sites (N-methyl/N-ethyl adjacent to an activating group) is 1. The van der Waals surface area contributed by atoms with Gasteiger partial charge >= 0.3 is 0 Å². The van der Waals surface area contributed by atoms with Crippen LogP contribution in [0.25, 0.3) is 23.1 Å². The number of aliphatic hydroxyl groups is 1. The van der Waals surface area contributed by atoms with E-state index in [0.29, 0.717) is 12.4 Å². The van der Waals surface area contributed by atoms with Gasteiger partial charge in [-0.15, -0.1) is 21.1 Å². The molecule has 8 heteroatoms. The number of fused-ring (bicyclic) bond motifs is 1. The number of benzene rings is 1. The van der Waals surface area contributed by atoms with Crippen LogP contribution in [0.4, 0.5) is 5.00 Å². The summed E-state index contributed by atoms with van der Waals surface area (Å²) in [5, 5.41) is 21.5. The highest BCUT2D eigenvalue weighted by molar-refractivity contribution is 7.16. The fourth-order valence-electron chi connectivity index (χ4n) is 3.99. The topological polar surface area (TPSA) is 75.8 Å². The minimum Gasteiger partial charge on any atom is -0.392 e. The van der Waals surface area contributed by atoms with Crippen molar-refractivity contribution in [1.82, 2.24) is 19.8 Å². The summed E-state index contributed by atoms with van der Waals surface area (Å²) in [7, 11) is 1.73. The van der Waals surface area contributed by atoms with E-state index in [1.807, 2.05) is 25.1 Å². The number of aliphatic hydroxyl groups excluding tert-OH is 1. The van der Waals surface area contributed by atoms with Crippen molar-refractivity contribution in [1.29, 1.82) is 0 Å². The average Bonchev–Trinajstić information content (AvgIpc) is 3.50. The Morgan fingerprint density at radius 1 is 1.18 bits per heavy atom. The van der Waals surface area contributed by atoms with Gasteiger partial charge in [-0.2, -0.15) is 5.10 Å². The largest absolute Gasteiger partial charge is 0.392 e. The monoisotopic (exact) mass is 479 g/mol. The summed E-state index contributed by atoms with van der Waals surface area (Å²) < 4.78 is 6.90. The minimum absolute atomic E-state index is 0.0618. The Bertz CT molecular complexity index is 1340. The Balaban J connectivity index is 1.83. The van der Waals surface area contributed by atoms with E-state index in [9.17, 15) is 5.11 Å². The van der Waals surface area contributed by atoms with E-state index >= 15 is 0 Å². The lowest BCUT2D eigenvalue weighted by atomic mass is 9.91. The number of thiophene rings is 1. The van der Waals surface area contributed by atoms with Gasteiger partial charge < -0.3 is 14.7 Å². The molecule has 3 aromatic heterocycles. The molecule has 3 heterocycles. The molecule has 0 saturated carbocycles. The molecule has 4 rings (SSSR count). The molecular weight excluding hydrogens is 446 g/mol. The molecule has 0 fully saturated rings. The highest BCUT2D eigenvalue weighted by Gasteiger charge is 2.24. The van der Waals surface area contributed by atoms with Crippen molar-refractivity contribution in [2.24, 2.45) is 0 Å². The van der Waals surface area contributed by atoms with Gasteiger partial charge in [-0.3, -0.25) is 0 Å². The molecule has 0 bridgehead atoms. The molecule has 0 aliphatic heterocycles. The molecule has 180 valence electrons. The summed E-state index contributed by atoms with van der Waals surface area (Å²) in [6, 6.07) is 10.2. The molecule has 0 amide bonds. The molecule has 34 heavy (non-hydrogen) atoms. The molecular formula is C26H33N5O2S. The fourth-order valence-corrected chi connectivity index (χ4v) is 5.03. The van der Waals surface area contributed by atoms with Crippen molar-refractivity contribution in [2.75, 3.05) is 31.7 Å². The van der Waals surface area contributed by atoms with Gasteiger partial charge in [0, 0.05) is 41.3 Å². The third-order valence-electron chi connectivity index (χ3n) is 5.83. The lowest BCUT2D eigenvalue weighted by molar-refractivity contribution is 0.205. The summed E-state index contributed by atoms with van der Waals surface area (Å²) in [5.74, 6) is 0.578. The summed E-state index contributed by atoms with van der Waals surface area (Å²) in [6.07, 6.45) is 2.17. The van der Waals surface area contributed by atoms with Crippen LogP contribution in [0.1, 0.15) is 49.4 Å². The Hall–Kier alpha value is -2.81. The first-order valence-corrected chi connectivity index (χ1v) is 12.4. The number of anilines is 1. The van der Waals surface area contributed by atoms with E-state index in [-0.39, 0.29) is 12.0 Å². The predicted molar refractivity (Wildman–Crippen MR) is 138 cm³/mol. The van der Waals surface area contributed by atoms with Crippen molar-refractivity contribution >= 4 is 28.1 Å². The first-order valence-electron chi connectivity index (χ1n) is 11.6. The number of hydrogen-bond acceptors (Lipinski definition) is 7. The number of ether oxygens (including phenoxy) is 1. The Kier molecular flexibility index (Phi) is 7.02. The Morgan fingerprint density at radius 2 is 1.97 bits per heavy atom. The number of hydrogen-bond donors (Lipinski definition) is 1. The maximum Gasteiger partial charge on any atom is 0.185 e. The molecule has 0 aliphatic carbocycles. The maximum atomic E-state index is 9.82. The lowest BCUT2D eigenvalue weighted by Gasteiger charge is -2.20. The quantitative estimate of drug-likeness (QED) is 0.412.